The minimum Gasteiger partial charge on any atom is -0.497 e. The molecule has 0 aliphatic heterocycles. The molecule has 2 nitrogen and oxygen atoms in total. The number of methoxy groups -OCH3 is 1. The van der Waals surface area contributed by atoms with Crippen LogP contribution in [0.25, 0.3) is 0 Å². The van der Waals surface area contributed by atoms with E-state index in [0.717, 1.165) is 31.4 Å². The number of hydrogen-bond acceptors (Lipinski definition) is 2. The first-order chi connectivity index (χ1) is 10.5. The first kappa shape index (κ1) is 14.3. The summed E-state index contributed by atoms with van der Waals surface area (Å²) in [6, 6.07) is 6.63. The summed E-state index contributed by atoms with van der Waals surface area (Å²) < 4.78 is 5.41. The second-order valence-corrected chi connectivity index (χ2v) is 7.95. The van der Waals surface area contributed by atoms with E-state index in [0.29, 0.717) is 29.5 Å². The largest absolute Gasteiger partial charge is 0.497 e. The summed E-state index contributed by atoms with van der Waals surface area (Å²) in [7, 11) is 1.74. The van der Waals surface area contributed by atoms with Crippen LogP contribution in [0.5, 0.6) is 5.75 Å². The number of benzene rings is 1. The molecule has 0 bridgehead atoms. The van der Waals surface area contributed by atoms with Crippen LogP contribution in [-0.4, -0.2) is 12.9 Å². The molecule has 1 aromatic rings. The van der Waals surface area contributed by atoms with Gasteiger partial charge in [-0.3, -0.25) is 4.79 Å². The molecule has 1 aromatic carbocycles. The molecular weight excluding hydrogens is 272 g/mol. The highest BCUT2D eigenvalue weighted by molar-refractivity contribution is 5.87. The number of carbonyl (C=O) groups is 1. The van der Waals surface area contributed by atoms with Crippen molar-refractivity contribution in [1.82, 2.24) is 0 Å². The number of carbonyl (C=O) groups excluding carboxylic acids is 1. The monoisotopic (exact) mass is 298 g/mol. The van der Waals surface area contributed by atoms with Gasteiger partial charge < -0.3 is 4.74 Å². The van der Waals surface area contributed by atoms with E-state index in [1.807, 2.05) is 0 Å². The molecule has 0 saturated heterocycles. The molecule has 2 fully saturated rings. The average molecular weight is 298 g/mol. The van der Waals surface area contributed by atoms with Crippen LogP contribution in [0.2, 0.25) is 0 Å². The molecule has 0 aromatic heterocycles. The van der Waals surface area contributed by atoms with Crippen molar-refractivity contribution >= 4 is 5.78 Å². The number of ether oxygens (including phenoxy) is 1. The summed E-state index contributed by atoms with van der Waals surface area (Å²) in [5, 5.41) is 0. The first-order valence-corrected chi connectivity index (χ1v) is 8.74. The maximum Gasteiger partial charge on any atom is 0.139 e. The zero-order chi connectivity index (χ0) is 15.5. The van der Waals surface area contributed by atoms with Crippen molar-refractivity contribution in [3.05, 3.63) is 29.3 Å². The molecule has 3 aliphatic carbocycles. The molecule has 0 unspecified atom stereocenters. The number of ketones is 1. The summed E-state index contributed by atoms with van der Waals surface area (Å²) in [4.78, 5) is 12.4. The lowest BCUT2D eigenvalue weighted by Gasteiger charge is -2.51. The Morgan fingerprint density at radius 1 is 1.27 bits per heavy atom. The summed E-state index contributed by atoms with van der Waals surface area (Å²) >= 11 is 0. The number of fused-ring (bicyclic) bond motifs is 5. The molecule has 3 aliphatic rings. The van der Waals surface area contributed by atoms with Gasteiger partial charge in [0.05, 0.1) is 7.11 Å². The highest BCUT2D eigenvalue weighted by Crippen LogP contribution is 2.60. The zero-order valence-corrected chi connectivity index (χ0v) is 13.9. The van der Waals surface area contributed by atoms with Gasteiger partial charge in [0, 0.05) is 11.8 Å². The van der Waals surface area contributed by atoms with Crippen molar-refractivity contribution < 1.29 is 9.53 Å². The Morgan fingerprint density at radius 2 is 2.09 bits per heavy atom. The molecule has 22 heavy (non-hydrogen) atoms. The van der Waals surface area contributed by atoms with Gasteiger partial charge in [-0.05, 0) is 72.6 Å². The molecular formula is C20H26O2. The minimum absolute atomic E-state index is 0.0284. The Hall–Kier alpha value is -1.31. The lowest BCUT2D eigenvalue weighted by molar-refractivity contribution is -0.129. The molecule has 2 saturated carbocycles. The molecule has 0 N–H and O–H groups in total. The second kappa shape index (κ2) is 4.84. The van der Waals surface area contributed by atoms with Gasteiger partial charge in [0.15, 0.2) is 0 Å². The predicted octanol–water partition coefficient (Wildman–Crippen LogP) is 4.37. The van der Waals surface area contributed by atoms with E-state index < -0.39 is 0 Å². The van der Waals surface area contributed by atoms with Gasteiger partial charge in [0.2, 0.25) is 0 Å². The van der Waals surface area contributed by atoms with Crippen molar-refractivity contribution in [3.63, 3.8) is 0 Å². The van der Waals surface area contributed by atoms with Crippen LogP contribution in [0.1, 0.15) is 56.6 Å². The van der Waals surface area contributed by atoms with Crippen molar-refractivity contribution in [2.75, 3.05) is 7.11 Å². The van der Waals surface area contributed by atoms with Gasteiger partial charge >= 0.3 is 0 Å². The number of hydrogen-bond donors (Lipinski definition) is 0. The predicted molar refractivity (Wildman–Crippen MR) is 87.2 cm³/mol. The standard InChI is InChI=1S/C20H26O2/c1-12-10-13-11-14(22-3)4-5-15(13)16-8-9-20(2)17(19(12)16)6-7-18(20)21/h4-5,11-12,16-17,19H,6-10H2,1-3H3/t12-,16-,17-,19-,20+/m1/s1. The van der Waals surface area contributed by atoms with Crippen molar-refractivity contribution in [1.29, 1.82) is 0 Å². The van der Waals surface area contributed by atoms with Crippen LogP contribution < -0.4 is 4.74 Å². The number of rotatable bonds is 1. The average Bonchev–Trinajstić information content (AvgIpc) is 2.82. The summed E-state index contributed by atoms with van der Waals surface area (Å²) in [5.74, 6) is 4.11. The van der Waals surface area contributed by atoms with Gasteiger partial charge in [-0.25, -0.2) is 0 Å². The van der Waals surface area contributed by atoms with Crippen molar-refractivity contribution in [3.8, 4) is 5.75 Å². The fourth-order valence-corrected chi connectivity index (χ4v) is 5.85. The van der Waals surface area contributed by atoms with Gasteiger partial charge in [0.1, 0.15) is 11.5 Å². The lowest BCUT2D eigenvalue weighted by atomic mass is 9.53. The number of Topliss-reactive ketones (excluding diaryl/α,β-unsaturated/α-hetero) is 1. The molecule has 2 heteroatoms. The summed E-state index contributed by atoms with van der Waals surface area (Å²) in [6.07, 6.45) is 5.32. The smallest absolute Gasteiger partial charge is 0.139 e. The summed E-state index contributed by atoms with van der Waals surface area (Å²) in [5.41, 5.74) is 2.98. The lowest BCUT2D eigenvalue weighted by Crippen LogP contribution is -2.45. The Balaban J connectivity index is 1.75. The Labute approximate surface area is 133 Å². The first-order valence-electron chi connectivity index (χ1n) is 8.74. The third-order valence-electron chi connectivity index (χ3n) is 6.99. The van der Waals surface area contributed by atoms with E-state index in [1.54, 1.807) is 7.11 Å². The van der Waals surface area contributed by atoms with Gasteiger partial charge in [0.25, 0.3) is 0 Å². The zero-order valence-electron chi connectivity index (χ0n) is 13.9. The van der Waals surface area contributed by atoms with Crippen LogP contribution >= 0.6 is 0 Å². The maximum atomic E-state index is 12.4. The second-order valence-electron chi connectivity index (χ2n) is 7.95. The van der Waals surface area contributed by atoms with E-state index in [1.165, 1.54) is 17.5 Å². The fraction of sp³-hybridized carbons (Fsp3) is 0.650. The molecule has 4 rings (SSSR count). The molecule has 0 spiro atoms. The van der Waals surface area contributed by atoms with E-state index in [9.17, 15) is 4.79 Å². The molecule has 118 valence electrons. The molecule has 0 amide bonds. The Bertz CT molecular complexity index is 620. The van der Waals surface area contributed by atoms with Crippen LogP contribution in [0.15, 0.2) is 18.2 Å². The van der Waals surface area contributed by atoms with Gasteiger partial charge in [-0.1, -0.05) is 19.9 Å². The van der Waals surface area contributed by atoms with Crippen LogP contribution in [0.3, 0.4) is 0 Å². The van der Waals surface area contributed by atoms with Crippen molar-refractivity contribution in [2.24, 2.45) is 23.2 Å². The van der Waals surface area contributed by atoms with Gasteiger partial charge in [-0.15, -0.1) is 0 Å². The van der Waals surface area contributed by atoms with Crippen molar-refractivity contribution in [2.45, 2.75) is 51.9 Å². The highest BCUT2D eigenvalue weighted by Gasteiger charge is 2.56. The third-order valence-corrected chi connectivity index (χ3v) is 6.99. The maximum absolute atomic E-state index is 12.4. The van der Waals surface area contributed by atoms with Gasteiger partial charge in [-0.2, -0.15) is 0 Å². The topological polar surface area (TPSA) is 26.3 Å². The Kier molecular flexibility index (Phi) is 3.15. The van der Waals surface area contributed by atoms with E-state index in [4.69, 9.17) is 4.74 Å². The molecule has 0 radical (unpaired) electrons. The normalized spacial score (nSPS) is 39.9. The van der Waals surface area contributed by atoms with Crippen LogP contribution in [0.4, 0.5) is 0 Å². The van der Waals surface area contributed by atoms with Crippen LogP contribution in [0, 0.1) is 23.2 Å². The fourth-order valence-electron chi connectivity index (χ4n) is 5.85. The van der Waals surface area contributed by atoms with E-state index >= 15 is 0 Å². The van der Waals surface area contributed by atoms with E-state index in [-0.39, 0.29) is 5.41 Å². The van der Waals surface area contributed by atoms with Crippen LogP contribution in [-0.2, 0) is 11.2 Å². The highest BCUT2D eigenvalue weighted by atomic mass is 16.5. The summed E-state index contributed by atoms with van der Waals surface area (Å²) in [6.45, 7) is 4.65. The third kappa shape index (κ3) is 1.82. The van der Waals surface area contributed by atoms with E-state index in [2.05, 4.69) is 32.0 Å². The molecule has 5 atom stereocenters. The SMILES string of the molecule is COc1ccc2c(c1)C[C@@H](C)[C@@H]1[C@@H]2CC[C@]2(C)C(=O)CC[C@H]12. The minimum atomic E-state index is -0.0284. The quantitative estimate of drug-likeness (QED) is 0.769. The Morgan fingerprint density at radius 3 is 2.86 bits per heavy atom. The molecule has 0 heterocycles.